The summed E-state index contributed by atoms with van der Waals surface area (Å²) in [6.07, 6.45) is 0. The van der Waals surface area contributed by atoms with Crippen LogP contribution in [0.15, 0.2) is 34.9 Å². The van der Waals surface area contributed by atoms with Gasteiger partial charge in [-0.05, 0) is 19.5 Å². The fourth-order valence-electron chi connectivity index (χ4n) is 1.93. The van der Waals surface area contributed by atoms with Crippen LogP contribution in [0.2, 0.25) is 0 Å². The molecule has 2 aromatic rings. The molecule has 2 rings (SSSR count). The van der Waals surface area contributed by atoms with Crippen LogP contribution in [0.25, 0.3) is 0 Å². The highest BCUT2D eigenvalue weighted by Crippen LogP contribution is 2.15. The van der Waals surface area contributed by atoms with Gasteiger partial charge in [-0.3, -0.25) is 4.90 Å². The topological polar surface area (TPSA) is 74.7 Å². The summed E-state index contributed by atoms with van der Waals surface area (Å²) >= 11 is 1.68. The van der Waals surface area contributed by atoms with E-state index in [0.29, 0.717) is 0 Å². The maximum absolute atomic E-state index is 8.62. The summed E-state index contributed by atoms with van der Waals surface area (Å²) in [4.78, 5) is 7.79. The highest BCUT2D eigenvalue weighted by molar-refractivity contribution is 7.09. The van der Waals surface area contributed by atoms with Crippen LogP contribution in [0.1, 0.15) is 21.7 Å². The summed E-state index contributed by atoms with van der Waals surface area (Å²) in [7, 11) is 2.08. The summed E-state index contributed by atoms with van der Waals surface area (Å²) < 4.78 is 0. The molecule has 1 aromatic heterocycles. The molecule has 3 N–H and O–H groups in total. The van der Waals surface area contributed by atoms with Crippen LogP contribution in [-0.2, 0) is 13.1 Å². The molecule has 0 bridgehead atoms. The normalized spacial score (nSPS) is 12.1. The van der Waals surface area contributed by atoms with Gasteiger partial charge in [0.15, 0.2) is 5.84 Å². The number of rotatable bonds is 5. The number of thiazole rings is 1. The van der Waals surface area contributed by atoms with Crippen molar-refractivity contribution < 1.29 is 5.21 Å². The molecule has 1 aromatic carbocycles. The first kappa shape index (κ1) is 14.5. The number of aryl methyl sites for hydroxylation is 1. The van der Waals surface area contributed by atoms with Crippen LogP contribution < -0.4 is 5.73 Å². The average molecular weight is 290 g/mol. The van der Waals surface area contributed by atoms with Crippen LogP contribution in [0.3, 0.4) is 0 Å². The third kappa shape index (κ3) is 3.55. The minimum Gasteiger partial charge on any atom is -0.409 e. The molecule has 0 aliphatic heterocycles. The van der Waals surface area contributed by atoms with E-state index < -0.39 is 0 Å². The SMILES string of the molecule is Cc1ncsc1CN(C)Cc1ccc(C(N)=NO)cc1. The van der Waals surface area contributed by atoms with Crippen molar-refractivity contribution in [1.29, 1.82) is 0 Å². The molecule has 5 nitrogen and oxygen atoms in total. The van der Waals surface area contributed by atoms with Gasteiger partial charge in [0, 0.05) is 23.5 Å². The van der Waals surface area contributed by atoms with Crippen molar-refractivity contribution in [1.82, 2.24) is 9.88 Å². The van der Waals surface area contributed by atoms with E-state index in [1.54, 1.807) is 11.3 Å². The molecule has 0 aliphatic rings. The lowest BCUT2D eigenvalue weighted by molar-refractivity contribution is 0.318. The third-order valence-corrected chi connectivity index (χ3v) is 3.99. The molecule has 0 atom stereocenters. The van der Waals surface area contributed by atoms with Gasteiger partial charge in [-0.25, -0.2) is 4.98 Å². The molecule has 0 amide bonds. The molecule has 1 heterocycles. The summed E-state index contributed by atoms with van der Waals surface area (Å²) in [6.45, 7) is 3.76. The first-order valence-electron chi connectivity index (χ1n) is 6.24. The molecule has 0 spiro atoms. The van der Waals surface area contributed by atoms with E-state index in [-0.39, 0.29) is 5.84 Å². The largest absolute Gasteiger partial charge is 0.409 e. The molecule has 20 heavy (non-hydrogen) atoms. The Hall–Kier alpha value is -1.92. The van der Waals surface area contributed by atoms with Gasteiger partial charge in [0.05, 0.1) is 11.2 Å². The van der Waals surface area contributed by atoms with Crippen molar-refractivity contribution in [2.45, 2.75) is 20.0 Å². The second-order valence-corrected chi connectivity index (χ2v) is 5.65. The molecule has 106 valence electrons. The average Bonchev–Trinajstić information content (AvgIpc) is 2.84. The predicted octanol–water partition coefficient (Wildman–Crippen LogP) is 2.18. The molecule has 0 saturated carbocycles. The Kier molecular flexibility index (Phi) is 4.70. The van der Waals surface area contributed by atoms with Gasteiger partial charge in [-0.2, -0.15) is 0 Å². The lowest BCUT2D eigenvalue weighted by Crippen LogP contribution is -2.17. The Morgan fingerprint density at radius 2 is 2.05 bits per heavy atom. The summed E-state index contributed by atoms with van der Waals surface area (Å²) in [6, 6.07) is 7.69. The highest BCUT2D eigenvalue weighted by atomic mass is 32.1. The monoisotopic (exact) mass is 290 g/mol. The maximum atomic E-state index is 8.62. The Balaban J connectivity index is 1.98. The Bertz CT molecular complexity index is 591. The van der Waals surface area contributed by atoms with Crippen LogP contribution in [0.5, 0.6) is 0 Å². The number of hydrogen-bond acceptors (Lipinski definition) is 5. The molecule has 0 saturated heterocycles. The highest BCUT2D eigenvalue weighted by Gasteiger charge is 2.07. The Morgan fingerprint density at radius 1 is 1.35 bits per heavy atom. The molecule has 0 aliphatic carbocycles. The summed E-state index contributed by atoms with van der Waals surface area (Å²) in [5.41, 5.74) is 10.4. The van der Waals surface area contributed by atoms with E-state index in [0.717, 1.165) is 24.3 Å². The second-order valence-electron chi connectivity index (χ2n) is 4.72. The van der Waals surface area contributed by atoms with E-state index in [9.17, 15) is 0 Å². The molecular formula is C14H18N4OS. The quantitative estimate of drug-likeness (QED) is 0.383. The molecule has 0 fully saturated rings. The van der Waals surface area contributed by atoms with Crippen molar-refractivity contribution in [3.8, 4) is 0 Å². The number of aromatic nitrogens is 1. The molecular weight excluding hydrogens is 272 g/mol. The first-order valence-corrected chi connectivity index (χ1v) is 7.12. The van der Waals surface area contributed by atoms with Gasteiger partial charge < -0.3 is 10.9 Å². The van der Waals surface area contributed by atoms with E-state index in [4.69, 9.17) is 10.9 Å². The fourth-order valence-corrected chi connectivity index (χ4v) is 2.79. The third-order valence-electron chi connectivity index (χ3n) is 3.07. The minimum atomic E-state index is 0.130. The maximum Gasteiger partial charge on any atom is 0.170 e. The van der Waals surface area contributed by atoms with E-state index in [1.165, 1.54) is 10.4 Å². The number of oxime groups is 1. The second kappa shape index (κ2) is 6.49. The van der Waals surface area contributed by atoms with Gasteiger partial charge in [0.1, 0.15) is 0 Å². The minimum absolute atomic E-state index is 0.130. The van der Waals surface area contributed by atoms with Gasteiger partial charge in [-0.15, -0.1) is 11.3 Å². The number of nitrogens with zero attached hydrogens (tertiary/aromatic N) is 3. The zero-order chi connectivity index (χ0) is 14.5. The van der Waals surface area contributed by atoms with Crippen LogP contribution in [0.4, 0.5) is 0 Å². The van der Waals surface area contributed by atoms with Crippen molar-refractivity contribution in [3.63, 3.8) is 0 Å². The van der Waals surface area contributed by atoms with Gasteiger partial charge >= 0.3 is 0 Å². The van der Waals surface area contributed by atoms with Crippen molar-refractivity contribution in [2.75, 3.05) is 7.05 Å². The predicted molar refractivity (Wildman–Crippen MR) is 81.0 cm³/mol. The molecule has 6 heteroatoms. The summed E-state index contributed by atoms with van der Waals surface area (Å²) in [5, 5.41) is 11.6. The van der Waals surface area contributed by atoms with E-state index >= 15 is 0 Å². The van der Waals surface area contributed by atoms with Gasteiger partial charge in [0.25, 0.3) is 0 Å². The lowest BCUT2D eigenvalue weighted by atomic mass is 10.1. The zero-order valence-corrected chi connectivity index (χ0v) is 12.4. The van der Waals surface area contributed by atoms with Crippen LogP contribution in [0, 0.1) is 6.92 Å². The smallest absolute Gasteiger partial charge is 0.170 e. The number of hydrogen-bond donors (Lipinski definition) is 2. The van der Waals surface area contributed by atoms with Gasteiger partial charge in [0.2, 0.25) is 0 Å². The summed E-state index contributed by atoms with van der Waals surface area (Å²) in [5.74, 6) is 0.130. The number of nitrogens with two attached hydrogens (primary N) is 1. The molecule has 0 radical (unpaired) electrons. The number of amidine groups is 1. The zero-order valence-electron chi connectivity index (χ0n) is 11.6. The van der Waals surface area contributed by atoms with Crippen molar-refractivity contribution in [3.05, 3.63) is 51.5 Å². The Morgan fingerprint density at radius 3 is 2.60 bits per heavy atom. The van der Waals surface area contributed by atoms with Gasteiger partial charge in [-0.1, -0.05) is 29.4 Å². The van der Waals surface area contributed by atoms with E-state index in [2.05, 4.69) is 22.1 Å². The fraction of sp³-hybridized carbons (Fsp3) is 0.286. The van der Waals surface area contributed by atoms with Crippen LogP contribution in [-0.4, -0.2) is 28.0 Å². The van der Waals surface area contributed by atoms with Crippen molar-refractivity contribution >= 4 is 17.2 Å². The van der Waals surface area contributed by atoms with Crippen LogP contribution >= 0.6 is 11.3 Å². The Labute approximate surface area is 122 Å². The van der Waals surface area contributed by atoms with Crippen molar-refractivity contribution in [2.24, 2.45) is 10.9 Å². The number of benzene rings is 1. The lowest BCUT2D eigenvalue weighted by Gasteiger charge is -2.16. The first-order chi connectivity index (χ1) is 9.60. The van der Waals surface area contributed by atoms with E-state index in [1.807, 2.05) is 36.7 Å². The standard InChI is InChI=1S/C14H18N4OS/c1-10-13(20-9-16-10)8-18(2)7-11-3-5-12(6-4-11)14(15)17-19/h3-6,9,19H,7-8H2,1-2H3,(H2,15,17). The molecule has 0 unspecified atom stereocenters.